The van der Waals surface area contributed by atoms with Gasteiger partial charge in [0.05, 0.1) is 27.2 Å². The molecule has 3 aromatic carbocycles. The molecule has 220 valence electrons. The number of aryl methyl sites for hydroxylation is 1. The van der Waals surface area contributed by atoms with Gasteiger partial charge in [0, 0.05) is 11.8 Å². The maximum atomic E-state index is 12.7. The summed E-state index contributed by atoms with van der Waals surface area (Å²) >= 11 is 0. The lowest BCUT2D eigenvalue weighted by Gasteiger charge is -2.37. The third kappa shape index (κ3) is 5.25. The van der Waals surface area contributed by atoms with Gasteiger partial charge in [-0.3, -0.25) is 14.3 Å². The zero-order chi connectivity index (χ0) is 30.1. The van der Waals surface area contributed by atoms with Crippen LogP contribution in [-0.4, -0.2) is 52.5 Å². The monoisotopic (exact) mass is 574 g/mol. The highest BCUT2D eigenvalue weighted by molar-refractivity contribution is 5.49. The van der Waals surface area contributed by atoms with E-state index in [4.69, 9.17) is 18.9 Å². The number of aromatic amines is 1. The lowest BCUT2D eigenvalue weighted by molar-refractivity contribution is -0.217. The van der Waals surface area contributed by atoms with Gasteiger partial charge in [-0.15, -0.1) is 0 Å². The van der Waals surface area contributed by atoms with Gasteiger partial charge in [-0.05, 0) is 54.8 Å². The summed E-state index contributed by atoms with van der Waals surface area (Å²) in [5, 5.41) is 22.3. The van der Waals surface area contributed by atoms with Gasteiger partial charge < -0.3 is 29.2 Å². The smallest absolute Gasteiger partial charge is 0.330 e. The predicted octanol–water partition coefficient (Wildman–Crippen LogP) is 3.01. The van der Waals surface area contributed by atoms with Crippen molar-refractivity contribution in [1.29, 1.82) is 0 Å². The van der Waals surface area contributed by atoms with Crippen LogP contribution in [-0.2, 0) is 20.8 Å². The Bertz CT molecular complexity index is 1600. The van der Waals surface area contributed by atoms with Crippen LogP contribution in [0, 0.1) is 6.92 Å². The van der Waals surface area contributed by atoms with Crippen LogP contribution in [0.5, 0.6) is 11.5 Å². The summed E-state index contributed by atoms with van der Waals surface area (Å²) in [5.41, 5.74) is -1.35. The average molecular weight is 575 g/mol. The van der Waals surface area contributed by atoms with Crippen molar-refractivity contribution in [2.75, 3.05) is 20.8 Å². The van der Waals surface area contributed by atoms with E-state index >= 15 is 0 Å². The molecule has 5 rings (SSSR count). The van der Waals surface area contributed by atoms with Crippen molar-refractivity contribution in [2.45, 2.75) is 43.5 Å². The van der Waals surface area contributed by atoms with Gasteiger partial charge in [0.1, 0.15) is 23.2 Å². The van der Waals surface area contributed by atoms with Gasteiger partial charge in [0.15, 0.2) is 11.5 Å². The molecule has 10 heteroatoms. The molecule has 1 aliphatic heterocycles. The zero-order valence-corrected chi connectivity index (χ0v) is 23.9. The first-order valence-corrected chi connectivity index (χ1v) is 13.5. The largest absolute Gasteiger partial charge is 0.497 e. The predicted molar refractivity (Wildman–Crippen MR) is 155 cm³/mol. The summed E-state index contributed by atoms with van der Waals surface area (Å²) in [6.45, 7) is 2.84. The SMILES string of the molecule is COc1ccc(C(OC[C@H]2O[C@@](C)(n3cc(C)c(=O)[nH]c3=O)CC2(O)O)(c2ccccc2)c2ccc(OC)cc2)cc1. The molecule has 0 radical (unpaired) electrons. The first-order chi connectivity index (χ1) is 20.0. The van der Waals surface area contributed by atoms with Gasteiger partial charge in [0.2, 0.25) is 0 Å². The molecule has 0 bridgehead atoms. The van der Waals surface area contributed by atoms with Crippen molar-refractivity contribution >= 4 is 0 Å². The van der Waals surface area contributed by atoms with Gasteiger partial charge >= 0.3 is 5.69 Å². The molecule has 4 aromatic rings. The van der Waals surface area contributed by atoms with Gasteiger partial charge in [-0.1, -0.05) is 54.6 Å². The minimum absolute atomic E-state index is 0.271. The summed E-state index contributed by atoms with van der Waals surface area (Å²) < 4.78 is 24.9. The van der Waals surface area contributed by atoms with E-state index in [0.29, 0.717) is 11.5 Å². The third-order valence-corrected chi connectivity index (χ3v) is 7.75. The molecule has 0 saturated carbocycles. The molecular formula is C32H34N2O8. The fraction of sp³-hybridized carbons (Fsp3) is 0.312. The van der Waals surface area contributed by atoms with Crippen LogP contribution in [0.4, 0.5) is 0 Å². The Labute approximate surface area is 242 Å². The highest BCUT2D eigenvalue weighted by atomic mass is 16.6. The molecule has 0 amide bonds. The number of methoxy groups -OCH3 is 2. The topological polar surface area (TPSA) is 132 Å². The first-order valence-electron chi connectivity index (χ1n) is 13.5. The lowest BCUT2D eigenvalue weighted by atomic mass is 9.80. The number of aromatic nitrogens is 2. The van der Waals surface area contributed by atoms with Crippen LogP contribution in [0.25, 0.3) is 0 Å². The van der Waals surface area contributed by atoms with Crippen molar-refractivity contribution < 1.29 is 29.2 Å². The molecule has 0 spiro atoms. The summed E-state index contributed by atoms with van der Waals surface area (Å²) in [6, 6.07) is 24.5. The van der Waals surface area contributed by atoms with Crippen LogP contribution >= 0.6 is 0 Å². The minimum Gasteiger partial charge on any atom is -0.497 e. The number of benzene rings is 3. The Hall–Kier alpha value is -4.22. The van der Waals surface area contributed by atoms with E-state index in [1.54, 1.807) is 28.1 Å². The average Bonchev–Trinajstić information content (AvgIpc) is 3.24. The van der Waals surface area contributed by atoms with Crippen LogP contribution in [0.3, 0.4) is 0 Å². The summed E-state index contributed by atoms with van der Waals surface area (Å²) in [6.07, 6.45) is -0.257. The highest BCUT2D eigenvalue weighted by Gasteiger charge is 2.55. The van der Waals surface area contributed by atoms with E-state index in [9.17, 15) is 19.8 Å². The number of rotatable bonds is 9. The Morgan fingerprint density at radius 3 is 1.95 bits per heavy atom. The molecule has 10 nitrogen and oxygen atoms in total. The van der Waals surface area contributed by atoms with Crippen molar-refractivity contribution in [1.82, 2.24) is 9.55 Å². The Morgan fingerprint density at radius 1 is 0.905 bits per heavy atom. The quantitative estimate of drug-likeness (QED) is 0.205. The van der Waals surface area contributed by atoms with E-state index in [0.717, 1.165) is 16.7 Å². The second kappa shape index (κ2) is 11.2. The summed E-state index contributed by atoms with van der Waals surface area (Å²) in [5.74, 6) is -1.03. The Balaban J connectivity index is 1.59. The number of aliphatic hydroxyl groups is 2. The van der Waals surface area contributed by atoms with Gasteiger partial charge in [-0.2, -0.15) is 0 Å². The van der Waals surface area contributed by atoms with E-state index in [2.05, 4.69) is 4.98 Å². The molecule has 0 aliphatic carbocycles. The maximum Gasteiger partial charge on any atom is 0.330 e. The van der Waals surface area contributed by atoms with Crippen molar-refractivity contribution in [3.8, 4) is 11.5 Å². The van der Waals surface area contributed by atoms with Crippen LogP contribution < -0.4 is 20.7 Å². The molecule has 1 saturated heterocycles. The second-order valence-corrected chi connectivity index (χ2v) is 10.6. The highest BCUT2D eigenvalue weighted by Crippen LogP contribution is 2.44. The second-order valence-electron chi connectivity index (χ2n) is 10.6. The van der Waals surface area contributed by atoms with E-state index in [1.807, 2.05) is 78.9 Å². The van der Waals surface area contributed by atoms with Crippen molar-refractivity contribution in [3.63, 3.8) is 0 Å². The number of H-pyrrole nitrogens is 1. The summed E-state index contributed by atoms with van der Waals surface area (Å²) in [4.78, 5) is 26.9. The first kappa shape index (κ1) is 29.3. The third-order valence-electron chi connectivity index (χ3n) is 7.75. The summed E-state index contributed by atoms with van der Waals surface area (Å²) in [7, 11) is 3.18. The zero-order valence-electron chi connectivity index (χ0n) is 23.9. The van der Waals surface area contributed by atoms with E-state index in [1.165, 1.54) is 10.8 Å². The van der Waals surface area contributed by atoms with Crippen LogP contribution in [0.2, 0.25) is 0 Å². The molecular weight excluding hydrogens is 540 g/mol. The molecule has 0 unspecified atom stereocenters. The number of ether oxygens (including phenoxy) is 4. The normalized spacial score (nSPS) is 19.9. The van der Waals surface area contributed by atoms with Crippen molar-refractivity contribution in [2.24, 2.45) is 0 Å². The molecule has 2 atom stereocenters. The molecule has 1 fully saturated rings. The molecule has 1 aliphatic rings. The molecule has 1 aromatic heterocycles. The number of nitrogens with one attached hydrogen (secondary N) is 1. The number of hydrogen-bond acceptors (Lipinski definition) is 8. The lowest BCUT2D eigenvalue weighted by Crippen LogP contribution is -2.44. The Morgan fingerprint density at radius 2 is 1.43 bits per heavy atom. The maximum absolute atomic E-state index is 12.7. The molecule has 42 heavy (non-hydrogen) atoms. The van der Waals surface area contributed by atoms with Crippen molar-refractivity contribution in [3.05, 3.63) is 128 Å². The number of nitrogens with zero attached hydrogens (tertiary/aromatic N) is 1. The van der Waals surface area contributed by atoms with Crippen LogP contribution in [0.15, 0.2) is 94.6 Å². The van der Waals surface area contributed by atoms with Gasteiger partial charge in [-0.25, -0.2) is 4.79 Å². The molecule has 3 N–H and O–H groups in total. The molecule has 2 heterocycles. The fourth-order valence-corrected chi connectivity index (χ4v) is 5.54. The van der Waals surface area contributed by atoms with E-state index in [-0.39, 0.29) is 18.6 Å². The van der Waals surface area contributed by atoms with Crippen LogP contribution in [0.1, 0.15) is 35.6 Å². The Kier molecular flexibility index (Phi) is 7.82. The standard InChI is InChI=1S/C32H34N2O8/c1-21-18-34(29(36)33-28(21)35)30(2)20-31(37,38)27(42-30)19-41-32(22-8-6-5-7-9-22,23-10-14-25(39-3)15-11-23)24-12-16-26(40-4)17-13-24/h5-18,27,37-38H,19-20H2,1-4H3,(H,33,35,36)/t27-,30-/m1/s1. The van der Waals surface area contributed by atoms with Gasteiger partial charge in [0.25, 0.3) is 5.56 Å². The minimum atomic E-state index is -2.36. The number of hydrogen-bond donors (Lipinski definition) is 3. The fourth-order valence-electron chi connectivity index (χ4n) is 5.54. The van der Waals surface area contributed by atoms with E-state index < -0.39 is 34.5 Å².